The van der Waals surface area contributed by atoms with E-state index in [-0.39, 0.29) is 0 Å². The second-order valence-electron chi connectivity index (χ2n) is 3.62. The van der Waals surface area contributed by atoms with Crippen molar-refractivity contribution in [3.05, 3.63) is 35.4 Å². The molecular formula is C11H16N2. The molecule has 0 unspecified atom stereocenters. The molecule has 0 bridgehead atoms. The van der Waals surface area contributed by atoms with Crippen LogP contribution in [-0.4, -0.2) is 18.0 Å². The first-order valence-corrected chi connectivity index (χ1v) is 4.89. The lowest BCUT2D eigenvalue weighted by atomic mass is 10.1. The van der Waals surface area contributed by atoms with Crippen LogP contribution in [0.25, 0.3) is 0 Å². The van der Waals surface area contributed by atoms with Crippen molar-refractivity contribution in [2.24, 2.45) is 5.73 Å². The van der Waals surface area contributed by atoms with Crippen LogP contribution >= 0.6 is 0 Å². The Morgan fingerprint density at radius 1 is 1.23 bits per heavy atom. The van der Waals surface area contributed by atoms with Gasteiger partial charge in [-0.1, -0.05) is 24.3 Å². The summed E-state index contributed by atoms with van der Waals surface area (Å²) in [6, 6.07) is 8.67. The molecule has 1 aromatic carbocycles. The van der Waals surface area contributed by atoms with Crippen molar-refractivity contribution in [3.8, 4) is 0 Å². The number of nitrogens with zero attached hydrogens (tertiary/aromatic N) is 1. The summed E-state index contributed by atoms with van der Waals surface area (Å²) in [4.78, 5) is 2.46. The van der Waals surface area contributed by atoms with Gasteiger partial charge >= 0.3 is 0 Å². The number of nitrogens with two attached hydrogens (primary N) is 1. The normalized spacial score (nSPS) is 16.1. The maximum Gasteiger partial charge on any atom is 0.0240 e. The van der Waals surface area contributed by atoms with Crippen LogP contribution < -0.4 is 5.73 Å². The second-order valence-corrected chi connectivity index (χ2v) is 3.62. The van der Waals surface area contributed by atoms with Gasteiger partial charge in [-0.05, 0) is 24.1 Å². The van der Waals surface area contributed by atoms with Gasteiger partial charge in [0.25, 0.3) is 0 Å². The summed E-state index contributed by atoms with van der Waals surface area (Å²) < 4.78 is 0. The average Bonchev–Trinajstić information content (AvgIpc) is 2.57. The molecule has 2 nitrogen and oxygen atoms in total. The molecule has 1 heterocycles. The van der Waals surface area contributed by atoms with Crippen LogP contribution in [-0.2, 0) is 13.1 Å². The molecule has 0 radical (unpaired) electrons. The minimum atomic E-state index is 0.798. The Hall–Kier alpha value is -0.860. The van der Waals surface area contributed by atoms with E-state index < -0.39 is 0 Å². The molecule has 1 aromatic rings. The highest BCUT2D eigenvalue weighted by molar-refractivity contribution is 5.30. The van der Waals surface area contributed by atoms with Gasteiger partial charge in [0.2, 0.25) is 0 Å². The first-order valence-electron chi connectivity index (χ1n) is 4.89. The van der Waals surface area contributed by atoms with Gasteiger partial charge in [0, 0.05) is 19.6 Å². The molecule has 0 amide bonds. The molecule has 2 rings (SSSR count). The van der Waals surface area contributed by atoms with Gasteiger partial charge in [-0.2, -0.15) is 0 Å². The first kappa shape index (κ1) is 8.73. The van der Waals surface area contributed by atoms with E-state index in [0.717, 1.165) is 32.6 Å². The van der Waals surface area contributed by atoms with Crippen LogP contribution in [0.4, 0.5) is 0 Å². The molecule has 2 N–H and O–H groups in total. The Morgan fingerprint density at radius 3 is 2.38 bits per heavy atom. The van der Waals surface area contributed by atoms with E-state index in [9.17, 15) is 0 Å². The molecule has 0 aliphatic carbocycles. The fraction of sp³-hybridized carbons (Fsp3) is 0.455. The SMILES string of the molecule is N[14CH2]CCN1Cc2ccccc2C1. The topological polar surface area (TPSA) is 29.3 Å². The van der Waals surface area contributed by atoms with Gasteiger partial charge in [0.1, 0.15) is 0 Å². The molecule has 2 heteroatoms. The zero-order chi connectivity index (χ0) is 9.10. The van der Waals surface area contributed by atoms with Crippen LogP contribution in [0.15, 0.2) is 24.3 Å². The third kappa shape index (κ3) is 1.90. The summed E-state index contributed by atoms with van der Waals surface area (Å²) in [6.07, 6.45) is 1.11. The number of hydrogen-bond acceptors (Lipinski definition) is 2. The van der Waals surface area contributed by atoms with Gasteiger partial charge in [-0.15, -0.1) is 0 Å². The number of benzene rings is 1. The van der Waals surface area contributed by atoms with Crippen LogP contribution in [0.5, 0.6) is 0 Å². The van der Waals surface area contributed by atoms with E-state index in [1.807, 2.05) is 0 Å². The first-order chi connectivity index (χ1) is 6.40. The molecule has 0 fully saturated rings. The van der Waals surface area contributed by atoms with E-state index >= 15 is 0 Å². The largest absolute Gasteiger partial charge is 0.330 e. The molecule has 0 aromatic heterocycles. The van der Waals surface area contributed by atoms with Gasteiger partial charge in [0.15, 0.2) is 0 Å². The Labute approximate surface area is 79.4 Å². The summed E-state index contributed by atoms with van der Waals surface area (Å²) in [5.41, 5.74) is 8.46. The Balaban J connectivity index is 1.97. The van der Waals surface area contributed by atoms with Gasteiger partial charge in [0.05, 0.1) is 0 Å². The third-order valence-electron chi connectivity index (χ3n) is 2.58. The van der Waals surface area contributed by atoms with Crippen LogP contribution in [0, 0.1) is 0 Å². The number of hydrogen-bond donors (Lipinski definition) is 1. The molecule has 0 saturated carbocycles. The van der Waals surface area contributed by atoms with E-state index in [1.54, 1.807) is 0 Å². The zero-order valence-electron chi connectivity index (χ0n) is 7.87. The Bertz CT molecular complexity index is 258. The Morgan fingerprint density at radius 2 is 1.85 bits per heavy atom. The fourth-order valence-corrected chi connectivity index (χ4v) is 1.88. The van der Waals surface area contributed by atoms with Gasteiger partial charge in [-0.25, -0.2) is 0 Å². The fourth-order valence-electron chi connectivity index (χ4n) is 1.88. The summed E-state index contributed by atoms with van der Waals surface area (Å²) in [6.45, 7) is 4.14. The third-order valence-corrected chi connectivity index (χ3v) is 2.58. The minimum absolute atomic E-state index is 0.798. The average molecular weight is 178 g/mol. The highest BCUT2D eigenvalue weighted by Gasteiger charge is 2.16. The highest BCUT2D eigenvalue weighted by Crippen LogP contribution is 2.21. The van der Waals surface area contributed by atoms with E-state index in [4.69, 9.17) is 5.73 Å². The van der Waals surface area contributed by atoms with Crippen LogP contribution in [0.3, 0.4) is 0 Å². The lowest BCUT2D eigenvalue weighted by Gasteiger charge is -2.13. The smallest absolute Gasteiger partial charge is 0.0240 e. The molecule has 1 aliphatic rings. The van der Waals surface area contributed by atoms with E-state index in [1.165, 1.54) is 11.1 Å². The summed E-state index contributed by atoms with van der Waals surface area (Å²) in [5.74, 6) is 0. The highest BCUT2D eigenvalue weighted by atomic mass is 15.2. The number of rotatable bonds is 3. The van der Waals surface area contributed by atoms with Crippen molar-refractivity contribution in [2.45, 2.75) is 19.5 Å². The molecule has 13 heavy (non-hydrogen) atoms. The Kier molecular flexibility index (Phi) is 2.62. The molecule has 0 saturated heterocycles. The van der Waals surface area contributed by atoms with Gasteiger partial charge < -0.3 is 5.73 Å². The predicted molar refractivity (Wildman–Crippen MR) is 54.2 cm³/mol. The van der Waals surface area contributed by atoms with Crippen molar-refractivity contribution in [2.75, 3.05) is 13.1 Å². The lowest BCUT2D eigenvalue weighted by Crippen LogP contribution is -2.20. The monoisotopic (exact) mass is 178 g/mol. The maximum absolute atomic E-state index is 5.49. The van der Waals surface area contributed by atoms with Crippen molar-refractivity contribution in [1.29, 1.82) is 0 Å². The van der Waals surface area contributed by atoms with Crippen LogP contribution in [0.2, 0.25) is 0 Å². The zero-order valence-corrected chi connectivity index (χ0v) is 7.87. The molecular weight excluding hydrogens is 162 g/mol. The number of fused-ring (bicyclic) bond motifs is 1. The van der Waals surface area contributed by atoms with Crippen LogP contribution in [0.1, 0.15) is 17.5 Å². The van der Waals surface area contributed by atoms with Crippen molar-refractivity contribution >= 4 is 0 Å². The summed E-state index contributed by atoms with van der Waals surface area (Å²) in [7, 11) is 0. The quantitative estimate of drug-likeness (QED) is 0.757. The molecule has 0 atom stereocenters. The maximum atomic E-state index is 5.49. The van der Waals surface area contributed by atoms with Crippen molar-refractivity contribution in [1.82, 2.24) is 4.90 Å². The summed E-state index contributed by atoms with van der Waals surface area (Å²) >= 11 is 0. The predicted octanol–water partition coefficient (Wildman–Crippen LogP) is 1.35. The lowest BCUT2D eigenvalue weighted by molar-refractivity contribution is 0.282. The molecule has 70 valence electrons. The van der Waals surface area contributed by atoms with Crippen molar-refractivity contribution in [3.63, 3.8) is 0 Å². The van der Waals surface area contributed by atoms with Gasteiger partial charge in [-0.3, -0.25) is 4.90 Å². The van der Waals surface area contributed by atoms with E-state index in [0.29, 0.717) is 0 Å². The molecule has 1 aliphatic heterocycles. The second kappa shape index (κ2) is 3.90. The van der Waals surface area contributed by atoms with E-state index in [2.05, 4.69) is 29.2 Å². The van der Waals surface area contributed by atoms with Crippen molar-refractivity contribution < 1.29 is 0 Å². The molecule has 0 spiro atoms. The minimum Gasteiger partial charge on any atom is -0.330 e. The standard InChI is InChI=1S/C11H16N2/c12-6-3-7-13-8-10-4-1-2-5-11(10)9-13/h1-2,4-5H,3,6-9,12H2/i6+2. The summed E-state index contributed by atoms with van der Waals surface area (Å²) in [5, 5.41) is 0.